The Morgan fingerprint density at radius 2 is 2.11 bits per heavy atom. The number of rotatable bonds is 2. The molecule has 0 heterocycles. The zero-order chi connectivity index (χ0) is 13.1. The van der Waals surface area contributed by atoms with Gasteiger partial charge < -0.3 is 11.1 Å². The molecule has 1 saturated carbocycles. The molecule has 0 saturated heterocycles. The fourth-order valence-corrected chi connectivity index (χ4v) is 2.98. The van der Waals surface area contributed by atoms with Gasteiger partial charge in [0.1, 0.15) is 5.82 Å². The Morgan fingerprint density at radius 1 is 1.39 bits per heavy atom. The summed E-state index contributed by atoms with van der Waals surface area (Å²) in [4.78, 5) is 12.1. The highest BCUT2D eigenvalue weighted by Crippen LogP contribution is 2.19. The van der Waals surface area contributed by atoms with E-state index < -0.39 is 0 Å². The van der Waals surface area contributed by atoms with Crippen LogP contribution in [0.2, 0.25) is 0 Å². The van der Waals surface area contributed by atoms with Crippen LogP contribution >= 0.6 is 22.6 Å². The van der Waals surface area contributed by atoms with Crippen LogP contribution in [0.5, 0.6) is 0 Å². The average molecular weight is 362 g/mol. The molecule has 0 radical (unpaired) electrons. The summed E-state index contributed by atoms with van der Waals surface area (Å²) in [5, 5.41) is 2.95. The van der Waals surface area contributed by atoms with Crippen LogP contribution in [-0.2, 0) is 0 Å². The lowest BCUT2D eigenvalue weighted by Gasteiger charge is -2.29. The highest BCUT2D eigenvalue weighted by atomic mass is 127. The van der Waals surface area contributed by atoms with Crippen molar-refractivity contribution in [3.63, 3.8) is 0 Å². The number of carbonyl (C=O) groups is 1. The predicted molar refractivity (Wildman–Crippen MR) is 76.8 cm³/mol. The molecule has 0 bridgehead atoms. The zero-order valence-electron chi connectivity index (χ0n) is 9.96. The van der Waals surface area contributed by atoms with Crippen molar-refractivity contribution in [2.24, 2.45) is 5.73 Å². The molecule has 1 aliphatic rings. The first-order chi connectivity index (χ1) is 8.58. The van der Waals surface area contributed by atoms with Gasteiger partial charge in [-0.25, -0.2) is 4.39 Å². The molecule has 1 amide bonds. The lowest BCUT2D eigenvalue weighted by molar-refractivity contribution is 0.0920. The Balaban J connectivity index is 2.07. The van der Waals surface area contributed by atoms with E-state index in [1.165, 1.54) is 18.2 Å². The average Bonchev–Trinajstić information content (AvgIpc) is 2.32. The maximum atomic E-state index is 13.0. The molecule has 1 fully saturated rings. The van der Waals surface area contributed by atoms with Crippen molar-refractivity contribution < 1.29 is 9.18 Å². The van der Waals surface area contributed by atoms with Crippen molar-refractivity contribution >= 4 is 28.5 Å². The molecule has 2 unspecified atom stereocenters. The minimum absolute atomic E-state index is 0.0285. The summed E-state index contributed by atoms with van der Waals surface area (Å²) in [5.74, 6) is -0.493. The van der Waals surface area contributed by atoms with E-state index >= 15 is 0 Å². The molecular formula is C13H16FIN2O. The number of carbonyl (C=O) groups excluding carboxylic acids is 1. The number of nitrogens with two attached hydrogens (primary N) is 1. The second-order valence-electron chi connectivity index (χ2n) is 4.65. The Bertz CT molecular complexity index is 453. The van der Waals surface area contributed by atoms with Gasteiger partial charge in [-0.2, -0.15) is 0 Å². The molecule has 98 valence electrons. The maximum Gasteiger partial charge on any atom is 0.252 e. The van der Waals surface area contributed by atoms with E-state index in [9.17, 15) is 9.18 Å². The minimum atomic E-state index is -0.328. The molecule has 0 aromatic heterocycles. The van der Waals surface area contributed by atoms with Gasteiger partial charge in [-0.3, -0.25) is 4.79 Å². The summed E-state index contributed by atoms with van der Waals surface area (Å²) in [6.45, 7) is 0. The smallest absolute Gasteiger partial charge is 0.252 e. The van der Waals surface area contributed by atoms with E-state index in [0.29, 0.717) is 9.13 Å². The van der Waals surface area contributed by atoms with Crippen LogP contribution in [0, 0.1) is 9.39 Å². The van der Waals surface area contributed by atoms with E-state index in [4.69, 9.17) is 5.73 Å². The van der Waals surface area contributed by atoms with Gasteiger partial charge in [-0.05, 0) is 53.6 Å². The van der Waals surface area contributed by atoms with Gasteiger partial charge in [0.15, 0.2) is 0 Å². The Labute approximate surface area is 119 Å². The van der Waals surface area contributed by atoms with Crippen molar-refractivity contribution in [1.29, 1.82) is 0 Å². The summed E-state index contributed by atoms with van der Waals surface area (Å²) >= 11 is 1.97. The normalized spacial score (nSPS) is 23.7. The molecule has 2 rings (SSSR count). The molecule has 5 heteroatoms. The number of halogens is 2. The van der Waals surface area contributed by atoms with E-state index in [-0.39, 0.29) is 23.8 Å². The van der Waals surface area contributed by atoms with Crippen LogP contribution < -0.4 is 11.1 Å². The summed E-state index contributed by atoms with van der Waals surface area (Å²) in [5.41, 5.74) is 6.50. The number of hydrogen-bond acceptors (Lipinski definition) is 2. The molecule has 0 spiro atoms. The topological polar surface area (TPSA) is 55.1 Å². The standard InChI is InChI=1S/C13H16FIN2O/c14-8-5-6-9(10(15)7-8)13(18)17-12-4-2-1-3-11(12)16/h5-7,11-12H,1-4,16H2,(H,17,18). The van der Waals surface area contributed by atoms with Crippen molar-refractivity contribution in [3.05, 3.63) is 33.1 Å². The third-order valence-corrected chi connectivity index (χ3v) is 4.20. The highest BCUT2D eigenvalue weighted by molar-refractivity contribution is 14.1. The number of benzene rings is 1. The monoisotopic (exact) mass is 362 g/mol. The third kappa shape index (κ3) is 3.20. The van der Waals surface area contributed by atoms with Crippen LogP contribution in [0.3, 0.4) is 0 Å². The van der Waals surface area contributed by atoms with Crippen LogP contribution in [-0.4, -0.2) is 18.0 Å². The summed E-state index contributed by atoms with van der Waals surface area (Å²) < 4.78 is 13.6. The Kier molecular flexibility index (Phi) is 4.55. The van der Waals surface area contributed by atoms with Crippen LogP contribution in [0.4, 0.5) is 4.39 Å². The van der Waals surface area contributed by atoms with Gasteiger partial charge in [-0.1, -0.05) is 12.8 Å². The lowest BCUT2D eigenvalue weighted by Crippen LogP contribution is -2.49. The molecule has 2 atom stereocenters. The van der Waals surface area contributed by atoms with E-state index in [0.717, 1.165) is 25.7 Å². The highest BCUT2D eigenvalue weighted by Gasteiger charge is 2.24. The molecule has 3 N–H and O–H groups in total. The molecule has 3 nitrogen and oxygen atoms in total. The first kappa shape index (κ1) is 13.7. The van der Waals surface area contributed by atoms with Gasteiger partial charge in [0.25, 0.3) is 5.91 Å². The first-order valence-corrected chi connectivity index (χ1v) is 7.17. The van der Waals surface area contributed by atoms with Crippen LogP contribution in [0.1, 0.15) is 36.0 Å². The molecule has 1 aliphatic carbocycles. The predicted octanol–water partition coefficient (Wildman–Crippen LogP) is 2.43. The maximum absolute atomic E-state index is 13.0. The Hall–Kier alpha value is -0.690. The second kappa shape index (κ2) is 5.97. The third-order valence-electron chi connectivity index (χ3n) is 3.31. The number of hydrogen-bond donors (Lipinski definition) is 2. The van der Waals surface area contributed by atoms with E-state index in [2.05, 4.69) is 5.32 Å². The number of amides is 1. The van der Waals surface area contributed by atoms with Crippen molar-refractivity contribution in [1.82, 2.24) is 5.32 Å². The van der Waals surface area contributed by atoms with Crippen LogP contribution in [0.15, 0.2) is 18.2 Å². The van der Waals surface area contributed by atoms with Crippen molar-refractivity contribution in [3.8, 4) is 0 Å². The second-order valence-corrected chi connectivity index (χ2v) is 5.81. The quantitative estimate of drug-likeness (QED) is 0.794. The zero-order valence-corrected chi connectivity index (χ0v) is 12.1. The fraction of sp³-hybridized carbons (Fsp3) is 0.462. The van der Waals surface area contributed by atoms with Gasteiger partial charge in [-0.15, -0.1) is 0 Å². The lowest BCUT2D eigenvalue weighted by atomic mass is 9.91. The molecular weight excluding hydrogens is 346 g/mol. The number of nitrogens with one attached hydrogen (secondary N) is 1. The van der Waals surface area contributed by atoms with Crippen molar-refractivity contribution in [2.45, 2.75) is 37.8 Å². The first-order valence-electron chi connectivity index (χ1n) is 6.09. The largest absolute Gasteiger partial charge is 0.348 e. The molecule has 1 aromatic rings. The summed E-state index contributed by atoms with van der Waals surface area (Å²) in [6.07, 6.45) is 4.09. The van der Waals surface area contributed by atoms with Crippen LogP contribution in [0.25, 0.3) is 0 Å². The van der Waals surface area contributed by atoms with E-state index in [1.807, 2.05) is 22.6 Å². The molecule has 1 aromatic carbocycles. The van der Waals surface area contributed by atoms with Crippen molar-refractivity contribution in [2.75, 3.05) is 0 Å². The molecule has 18 heavy (non-hydrogen) atoms. The molecule has 0 aliphatic heterocycles. The van der Waals surface area contributed by atoms with Gasteiger partial charge in [0.05, 0.1) is 5.56 Å². The SMILES string of the molecule is NC1CCCCC1NC(=O)c1ccc(F)cc1I. The fourth-order valence-electron chi connectivity index (χ4n) is 2.26. The Morgan fingerprint density at radius 3 is 2.78 bits per heavy atom. The van der Waals surface area contributed by atoms with E-state index in [1.54, 1.807) is 0 Å². The minimum Gasteiger partial charge on any atom is -0.348 e. The van der Waals surface area contributed by atoms with Gasteiger partial charge >= 0.3 is 0 Å². The summed E-state index contributed by atoms with van der Waals surface area (Å²) in [6, 6.07) is 4.24. The van der Waals surface area contributed by atoms with Gasteiger partial charge in [0, 0.05) is 15.7 Å². The summed E-state index contributed by atoms with van der Waals surface area (Å²) in [7, 11) is 0. The van der Waals surface area contributed by atoms with Gasteiger partial charge in [0.2, 0.25) is 0 Å².